The SMILES string of the molecule is CCNc1cn2ccnc2c(NC(C)c2ccc(C)o2)n1. The van der Waals surface area contributed by atoms with Crippen LogP contribution in [0.2, 0.25) is 0 Å². The van der Waals surface area contributed by atoms with Crippen LogP contribution in [0.5, 0.6) is 0 Å². The summed E-state index contributed by atoms with van der Waals surface area (Å²) in [4.78, 5) is 8.94. The van der Waals surface area contributed by atoms with Crippen molar-refractivity contribution in [2.75, 3.05) is 17.2 Å². The van der Waals surface area contributed by atoms with Crippen molar-refractivity contribution in [3.63, 3.8) is 0 Å². The summed E-state index contributed by atoms with van der Waals surface area (Å²) in [5.74, 6) is 3.33. The molecule has 6 heteroatoms. The first-order chi connectivity index (χ1) is 10.2. The first-order valence-electron chi connectivity index (χ1n) is 7.08. The molecule has 0 aliphatic rings. The summed E-state index contributed by atoms with van der Waals surface area (Å²) >= 11 is 0. The maximum Gasteiger partial charge on any atom is 0.180 e. The zero-order valence-corrected chi connectivity index (χ0v) is 12.4. The molecule has 0 bridgehead atoms. The van der Waals surface area contributed by atoms with E-state index in [0.29, 0.717) is 0 Å². The van der Waals surface area contributed by atoms with Crippen LogP contribution in [-0.4, -0.2) is 20.9 Å². The van der Waals surface area contributed by atoms with Gasteiger partial charge in [0.2, 0.25) is 0 Å². The number of hydrogen-bond acceptors (Lipinski definition) is 5. The zero-order valence-electron chi connectivity index (χ0n) is 12.4. The topological polar surface area (TPSA) is 67.4 Å². The molecule has 3 heterocycles. The van der Waals surface area contributed by atoms with Crippen LogP contribution in [0.25, 0.3) is 5.65 Å². The molecule has 1 atom stereocenters. The van der Waals surface area contributed by atoms with E-state index in [2.05, 4.69) is 20.6 Å². The van der Waals surface area contributed by atoms with E-state index in [-0.39, 0.29) is 6.04 Å². The predicted octanol–water partition coefficient (Wildman–Crippen LogP) is 3.24. The fraction of sp³-hybridized carbons (Fsp3) is 0.333. The van der Waals surface area contributed by atoms with Gasteiger partial charge in [0.15, 0.2) is 11.5 Å². The minimum Gasteiger partial charge on any atom is -0.464 e. The Kier molecular flexibility index (Phi) is 3.51. The monoisotopic (exact) mass is 285 g/mol. The third-order valence-corrected chi connectivity index (χ3v) is 3.27. The number of anilines is 2. The van der Waals surface area contributed by atoms with Gasteiger partial charge in [-0.05, 0) is 32.9 Å². The molecule has 0 saturated carbocycles. The zero-order chi connectivity index (χ0) is 14.8. The summed E-state index contributed by atoms with van der Waals surface area (Å²) in [6, 6.07) is 3.95. The molecule has 0 radical (unpaired) electrons. The molecule has 0 spiro atoms. The van der Waals surface area contributed by atoms with E-state index in [1.54, 1.807) is 6.20 Å². The summed E-state index contributed by atoms with van der Waals surface area (Å²) in [5, 5.41) is 6.60. The predicted molar refractivity (Wildman–Crippen MR) is 82.6 cm³/mol. The molecule has 0 aliphatic heterocycles. The van der Waals surface area contributed by atoms with Crippen molar-refractivity contribution >= 4 is 17.3 Å². The lowest BCUT2D eigenvalue weighted by Crippen LogP contribution is -2.10. The summed E-state index contributed by atoms with van der Waals surface area (Å²) in [6.45, 7) is 6.84. The molecular weight excluding hydrogens is 266 g/mol. The second-order valence-electron chi connectivity index (χ2n) is 4.98. The molecule has 2 N–H and O–H groups in total. The molecule has 0 aromatic carbocycles. The largest absolute Gasteiger partial charge is 0.464 e. The quantitative estimate of drug-likeness (QED) is 0.753. The first kappa shape index (κ1) is 13.5. The van der Waals surface area contributed by atoms with Crippen LogP contribution in [0.15, 0.2) is 35.1 Å². The number of nitrogens with one attached hydrogen (secondary N) is 2. The lowest BCUT2D eigenvalue weighted by Gasteiger charge is -2.14. The van der Waals surface area contributed by atoms with Crippen LogP contribution in [0.3, 0.4) is 0 Å². The van der Waals surface area contributed by atoms with Crippen molar-refractivity contribution in [3.8, 4) is 0 Å². The van der Waals surface area contributed by atoms with Crippen molar-refractivity contribution in [1.29, 1.82) is 0 Å². The Morgan fingerprint density at radius 2 is 2.24 bits per heavy atom. The highest BCUT2D eigenvalue weighted by Gasteiger charge is 2.14. The van der Waals surface area contributed by atoms with Gasteiger partial charge in [-0.1, -0.05) is 0 Å². The fourth-order valence-corrected chi connectivity index (χ4v) is 2.26. The van der Waals surface area contributed by atoms with Crippen LogP contribution >= 0.6 is 0 Å². The van der Waals surface area contributed by atoms with Crippen LogP contribution in [0, 0.1) is 6.92 Å². The molecule has 110 valence electrons. The van der Waals surface area contributed by atoms with E-state index in [1.807, 2.05) is 49.7 Å². The van der Waals surface area contributed by atoms with Crippen LogP contribution in [-0.2, 0) is 0 Å². The van der Waals surface area contributed by atoms with E-state index in [0.717, 1.165) is 35.3 Å². The van der Waals surface area contributed by atoms with E-state index < -0.39 is 0 Å². The van der Waals surface area contributed by atoms with Crippen LogP contribution in [0.4, 0.5) is 11.6 Å². The molecule has 6 nitrogen and oxygen atoms in total. The second kappa shape index (κ2) is 5.47. The standard InChI is InChI=1S/C15H19N5O/c1-4-16-13-9-20-8-7-17-15(20)14(19-13)18-11(3)12-6-5-10(2)21-12/h5-9,11,16H,4H2,1-3H3,(H,18,19). The lowest BCUT2D eigenvalue weighted by molar-refractivity contribution is 0.466. The fourth-order valence-electron chi connectivity index (χ4n) is 2.26. The molecule has 0 amide bonds. The van der Waals surface area contributed by atoms with Gasteiger partial charge in [-0.2, -0.15) is 0 Å². The van der Waals surface area contributed by atoms with Crippen LogP contribution in [0.1, 0.15) is 31.4 Å². The molecule has 0 aliphatic carbocycles. The van der Waals surface area contributed by atoms with Gasteiger partial charge >= 0.3 is 0 Å². The van der Waals surface area contributed by atoms with Gasteiger partial charge in [-0.25, -0.2) is 9.97 Å². The van der Waals surface area contributed by atoms with Gasteiger partial charge in [-0.3, -0.25) is 0 Å². The van der Waals surface area contributed by atoms with Crippen molar-refractivity contribution < 1.29 is 4.42 Å². The van der Waals surface area contributed by atoms with Gasteiger partial charge < -0.3 is 19.5 Å². The highest BCUT2D eigenvalue weighted by Crippen LogP contribution is 2.23. The molecule has 0 fully saturated rings. The van der Waals surface area contributed by atoms with E-state index >= 15 is 0 Å². The van der Waals surface area contributed by atoms with Crippen molar-refractivity contribution in [2.45, 2.75) is 26.8 Å². The van der Waals surface area contributed by atoms with Gasteiger partial charge in [0.05, 0.1) is 12.2 Å². The number of aromatic nitrogens is 3. The summed E-state index contributed by atoms with van der Waals surface area (Å²) in [5.41, 5.74) is 0.798. The summed E-state index contributed by atoms with van der Waals surface area (Å²) in [6.07, 6.45) is 5.60. The lowest BCUT2D eigenvalue weighted by atomic mass is 10.2. The number of imidazole rings is 1. The smallest absolute Gasteiger partial charge is 0.180 e. The third kappa shape index (κ3) is 2.69. The van der Waals surface area contributed by atoms with E-state index in [9.17, 15) is 0 Å². The minimum absolute atomic E-state index is 0.0172. The molecule has 21 heavy (non-hydrogen) atoms. The highest BCUT2D eigenvalue weighted by atomic mass is 16.3. The van der Waals surface area contributed by atoms with E-state index in [1.165, 1.54) is 0 Å². The first-order valence-corrected chi connectivity index (χ1v) is 7.08. The number of furan rings is 1. The van der Waals surface area contributed by atoms with Gasteiger partial charge in [-0.15, -0.1) is 0 Å². The second-order valence-corrected chi connectivity index (χ2v) is 4.98. The molecule has 0 saturated heterocycles. The van der Waals surface area contributed by atoms with Gasteiger partial charge in [0.25, 0.3) is 0 Å². The maximum atomic E-state index is 5.66. The maximum absolute atomic E-state index is 5.66. The van der Waals surface area contributed by atoms with Crippen molar-refractivity contribution in [2.24, 2.45) is 0 Å². The number of hydrogen-bond donors (Lipinski definition) is 2. The van der Waals surface area contributed by atoms with E-state index in [4.69, 9.17) is 4.42 Å². The Morgan fingerprint density at radius 3 is 2.95 bits per heavy atom. The Labute approximate surface area is 123 Å². The Morgan fingerprint density at radius 1 is 1.38 bits per heavy atom. The third-order valence-electron chi connectivity index (χ3n) is 3.27. The van der Waals surface area contributed by atoms with Crippen LogP contribution < -0.4 is 10.6 Å². The molecule has 3 rings (SSSR count). The Balaban J connectivity index is 1.93. The normalized spacial score (nSPS) is 12.5. The minimum atomic E-state index is 0.0172. The van der Waals surface area contributed by atoms with Crippen molar-refractivity contribution in [1.82, 2.24) is 14.4 Å². The summed E-state index contributed by atoms with van der Waals surface area (Å²) in [7, 11) is 0. The Bertz CT molecular complexity index is 745. The number of fused-ring (bicyclic) bond motifs is 1. The molecule has 1 unspecified atom stereocenters. The molecule has 3 aromatic rings. The average molecular weight is 285 g/mol. The average Bonchev–Trinajstić information content (AvgIpc) is 3.07. The summed E-state index contributed by atoms with van der Waals surface area (Å²) < 4.78 is 7.61. The molecule has 3 aromatic heterocycles. The Hall–Kier alpha value is -2.50. The van der Waals surface area contributed by atoms with Gasteiger partial charge in [0, 0.05) is 18.9 Å². The van der Waals surface area contributed by atoms with Crippen molar-refractivity contribution in [3.05, 3.63) is 42.2 Å². The van der Waals surface area contributed by atoms with Gasteiger partial charge in [0.1, 0.15) is 17.3 Å². The number of nitrogens with zero attached hydrogens (tertiary/aromatic N) is 3. The number of aryl methyl sites for hydroxylation is 1. The molecular formula is C15H19N5O. The highest BCUT2D eigenvalue weighted by molar-refractivity contribution is 5.65. The number of rotatable bonds is 5.